The largest absolute Gasteiger partial charge is 0.287 e. The quantitative estimate of drug-likeness (QED) is 0.529. The maximum absolute atomic E-state index is 4.53. The van der Waals surface area contributed by atoms with Crippen LogP contribution >= 0.6 is 12.6 Å². The van der Waals surface area contributed by atoms with Gasteiger partial charge in [-0.2, -0.15) is 12.6 Å². The fourth-order valence-electron chi connectivity index (χ4n) is 2.60. The molecule has 2 heteroatoms. The molecular weight excluding hydrogens is 274 g/mol. The van der Waals surface area contributed by atoms with Crippen LogP contribution in [0.15, 0.2) is 71.7 Å². The number of thiol groups is 1. The summed E-state index contributed by atoms with van der Waals surface area (Å²) in [7, 11) is 1.85. The smallest absolute Gasteiger partial charge is 0.0721 e. The van der Waals surface area contributed by atoms with Gasteiger partial charge in [0.05, 0.1) is 5.71 Å². The molecule has 0 amide bonds. The Balaban J connectivity index is 2.14. The van der Waals surface area contributed by atoms with E-state index in [0.717, 1.165) is 17.0 Å². The first kappa shape index (κ1) is 13.9. The van der Waals surface area contributed by atoms with Crippen molar-refractivity contribution in [3.05, 3.63) is 83.4 Å². The third-order valence-electron chi connectivity index (χ3n) is 3.68. The summed E-state index contributed by atoms with van der Waals surface area (Å²) in [5.74, 6) is 0.757. The molecule has 0 bridgehead atoms. The van der Waals surface area contributed by atoms with Crippen LogP contribution in [0.4, 0.5) is 0 Å². The highest BCUT2D eigenvalue weighted by atomic mass is 32.1. The molecule has 0 atom stereocenters. The molecule has 3 rings (SSSR count). The van der Waals surface area contributed by atoms with Crippen LogP contribution in [0.25, 0.3) is 10.8 Å². The topological polar surface area (TPSA) is 12.4 Å². The van der Waals surface area contributed by atoms with Gasteiger partial charge in [0.1, 0.15) is 0 Å². The van der Waals surface area contributed by atoms with Gasteiger partial charge in [0, 0.05) is 23.9 Å². The highest BCUT2D eigenvalue weighted by Gasteiger charge is 2.09. The monoisotopic (exact) mass is 291 g/mol. The van der Waals surface area contributed by atoms with E-state index in [4.69, 9.17) is 0 Å². The average molecular weight is 291 g/mol. The molecule has 0 unspecified atom stereocenters. The van der Waals surface area contributed by atoms with Crippen molar-refractivity contribution < 1.29 is 0 Å². The minimum Gasteiger partial charge on any atom is -0.287 e. The lowest BCUT2D eigenvalue weighted by molar-refractivity contribution is 1.39. The summed E-state index contributed by atoms with van der Waals surface area (Å²) in [5.41, 5.74) is 4.56. The van der Waals surface area contributed by atoms with Crippen molar-refractivity contribution in [3.8, 4) is 0 Å². The Kier molecular flexibility index (Phi) is 4.07. The van der Waals surface area contributed by atoms with Crippen LogP contribution in [-0.2, 0) is 5.75 Å². The number of fused-ring (bicyclic) bond motifs is 1. The Bertz CT molecular complexity index is 783. The fraction of sp³-hybridized carbons (Fsp3) is 0.105. The van der Waals surface area contributed by atoms with Gasteiger partial charge >= 0.3 is 0 Å². The van der Waals surface area contributed by atoms with Gasteiger partial charge in [-0.25, -0.2) is 0 Å². The summed E-state index contributed by atoms with van der Waals surface area (Å²) in [5, 5.41) is 2.47. The predicted molar refractivity (Wildman–Crippen MR) is 94.6 cm³/mol. The third kappa shape index (κ3) is 2.72. The Labute approximate surface area is 130 Å². The lowest BCUT2D eigenvalue weighted by Crippen LogP contribution is -2.04. The summed E-state index contributed by atoms with van der Waals surface area (Å²) in [4.78, 5) is 4.53. The summed E-state index contributed by atoms with van der Waals surface area (Å²) in [6.45, 7) is 0. The third-order valence-corrected chi connectivity index (χ3v) is 4.04. The van der Waals surface area contributed by atoms with Gasteiger partial charge in [0.25, 0.3) is 0 Å². The first-order chi connectivity index (χ1) is 10.3. The fourth-order valence-corrected chi connectivity index (χ4v) is 2.82. The lowest BCUT2D eigenvalue weighted by atomic mass is 9.96. The van der Waals surface area contributed by atoms with E-state index in [9.17, 15) is 0 Å². The number of rotatable bonds is 3. The zero-order chi connectivity index (χ0) is 14.7. The van der Waals surface area contributed by atoms with Crippen molar-refractivity contribution in [3.63, 3.8) is 0 Å². The minimum atomic E-state index is 0.757. The second-order valence-electron chi connectivity index (χ2n) is 4.95. The normalized spacial score (nSPS) is 11.8. The lowest BCUT2D eigenvalue weighted by Gasteiger charge is -2.10. The van der Waals surface area contributed by atoms with Crippen LogP contribution in [0.5, 0.6) is 0 Å². The van der Waals surface area contributed by atoms with E-state index in [0.29, 0.717) is 0 Å². The molecule has 0 fully saturated rings. The molecule has 0 radical (unpaired) electrons. The number of hydrogen-bond acceptors (Lipinski definition) is 2. The number of aliphatic imine (C=N–C) groups is 1. The summed E-state index contributed by atoms with van der Waals surface area (Å²) >= 11 is 4.31. The summed E-state index contributed by atoms with van der Waals surface area (Å²) in [6, 6.07) is 23.2. The number of hydrogen-bond donors (Lipinski definition) is 1. The molecule has 0 aliphatic heterocycles. The van der Waals surface area contributed by atoms with Crippen molar-refractivity contribution in [2.45, 2.75) is 5.75 Å². The molecule has 3 aromatic rings. The van der Waals surface area contributed by atoms with Crippen molar-refractivity contribution >= 4 is 29.1 Å². The van der Waals surface area contributed by atoms with Crippen LogP contribution in [0, 0.1) is 0 Å². The van der Waals surface area contributed by atoms with Gasteiger partial charge in [0.15, 0.2) is 0 Å². The van der Waals surface area contributed by atoms with E-state index >= 15 is 0 Å². The van der Waals surface area contributed by atoms with Crippen molar-refractivity contribution in [2.75, 3.05) is 7.05 Å². The molecule has 0 aromatic heterocycles. The zero-order valence-corrected chi connectivity index (χ0v) is 12.8. The zero-order valence-electron chi connectivity index (χ0n) is 12.0. The van der Waals surface area contributed by atoms with Gasteiger partial charge in [-0.05, 0) is 16.3 Å². The van der Waals surface area contributed by atoms with Crippen LogP contribution in [0.1, 0.15) is 16.7 Å². The van der Waals surface area contributed by atoms with Crippen molar-refractivity contribution in [1.29, 1.82) is 0 Å². The van der Waals surface area contributed by atoms with Gasteiger partial charge < -0.3 is 0 Å². The molecular formula is C19H17NS. The van der Waals surface area contributed by atoms with Gasteiger partial charge in [0.2, 0.25) is 0 Å². The molecule has 0 saturated heterocycles. The molecule has 0 aliphatic rings. The van der Waals surface area contributed by atoms with Crippen LogP contribution in [-0.4, -0.2) is 12.8 Å². The van der Waals surface area contributed by atoms with E-state index in [1.165, 1.54) is 21.9 Å². The summed E-state index contributed by atoms with van der Waals surface area (Å²) < 4.78 is 0. The highest BCUT2D eigenvalue weighted by Crippen LogP contribution is 2.22. The van der Waals surface area contributed by atoms with Crippen LogP contribution in [0.3, 0.4) is 0 Å². The molecule has 21 heavy (non-hydrogen) atoms. The Morgan fingerprint density at radius 2 is 1.62 bits per heavy atom. The maximum atomic E-state index is 4.53. The molecule has 3 aromatic carbocycles. The van der Waals surface area contributed by atoms with Crippen molar-refractivity contribution in [2.24, 2.45) is 4.99 Å². The van der Waals surface area contributed by atoms with Gasteiger partial charge in [-0.15, -0.1) is 0 Å². The standard InChI is InChI=1S/C19H17NS/c1-20-19(16-11-9-14(13-21)10-12-16)18-8-4-6-15-5-2-3-7-17(15)18/h2-12,21H,13H2,1H3. The highest BCUT2D eigenvalue weighted by molar-refractivity contribution is 7.79. The first-order valence-corrected chi connectivity index (χ1v) is 7.62. The van der Waals surface area contributed by atoms with E-state index < -0.39 is 0 Å². The number of benzene rings is 3. The van der Waals surface area contributed by atoms with Crippen LogP contribution in [0.2, 0.25) is 0 Å². The molecule has 0 aliphatic carbocycles. The van der Waals surface area contributed by atoms with E-state index in [1.807, 2.05) is 7.05 Å². The first-order valence-electron chi connectivity index (χ1n) is 6.98. The molecule has 0 spiro atoms. The molecule has 0 heterocycles. The SMILES string of the molecule is CN=C(c1ccc(CS)cc1)c1cccc2ccccc12. The molecule has 0 saturated carbocycles. The molecule has 104 valence electrons. The van der Waals surface area contributed by atoms with E-state index in [2.05, 4.69) is 84.4 Å². The second-order valence-corrected chi connectivity index (χ2v) is 5.27. The van der Waals surface area contributed by atoms with Gasteiger partial charge in [-0.1, -0.05) is 66.7 Å². The summed E-state index contributed by atoms with van der Waals surface area (Å²) in [6.07, 6.45) is 0. The van der Waals surface area contributed by atoms with E-state index in [1.54, 1.807) is 0 Å². The van der Waals surface area contributed by atoms with Crippen molar-refractivity contribution in [1.82, 2.24) is 0 Å². The minimum absolute atomic E-state index is 0.757. The average Bonchev–Trinajstić information content (AvgIpc) is 2.56. The van der Waals surface area contributed by atoms with Gasteiger partial charge in [-0.3, -0.25) is 4.99 Å². The van der Waals surface area contributed by atoms with Crippen LogP contribution < -0.4 is 0 Å². The molecule has 0 N–H and O–H groups in total. The number of nitrogens with zero attached hydrogens (tertiary/aromatic N) is 1. The Morgan fingerprint density at radius 1 is 0.905 bits per heavy atom. The Morgan fingerprint density at radius 3 is 2.33 bits per heavy atom. The predicted octanol–water partition coefficient (Wildman–Crippen LogP) is 4.74. The molecule has 1 nitrogen and oxygen atoms in total. The second kappa shape index (κ2) is 6.15. The maximum Gasteiger partial charge on any atom is 0.0721 e. The Hall–Kier alpha value is -2.06. The van der Waals surface area contributed by atoms with E-state index in [-0.39, 0.29) is 0 Å².